The Bertz CT molecular complexity index is 1610. The first-order valence-corrected chi connectivity index (χ1v) is 17.0. The minimum atomic E-state index is -5.06. The van der Waals surface area contributed by atoms with Crippen LogP contribution in [0.3, 0.4) is 0 Å². The molecular formula is C32H37ClF3N3O6S. The van der Waals surface area contributed by atoms with Crippen molar-refractivity contribution in [3.63, 3.8) is 0 Å². The summed E-state index contributed by atoms with van der Waals surface area (Å²) < 4.78 is 80.8. The van der Waals surface area contributed by atoms with Crippen LogP contribution in [0.25, 0.3) is 0 Å². The fourth-order valence-corrected chi connectivity index (χ4v) is 7.34. The standard InChI is InChI=1S/C32H37ClF3N3O6S/c1-31(2)29(40)38-46(42,43)24-11-13-28-27(17-24)39(14-4-3-6-20-16-23(33)10-8-22(20)19-44-28)18-21-9-12-25(21)26(7-5-15-45-31)37-30(41)32(34,35)36/h5,7-8,10-11,13,16-17,21,25-26H,3-4,6,9,12,14-15,18-19H2,1-2H3,(H,37,41)(H,38,40)/b7-5+/t21-,25+,26-/m0/s1. The van der Waals surface area contributed by atoms with Crippen LogP contribution in [-0.4, -0.2) is 57.7 Å². The van der Waals surface area contributed by atoms with Crippen molar-refractivity contribution < 1.29 is 40.7 Å². The minimum absolute atomic E-state index is 0.123. The number of aryl methyl sites for hydroxylation is 1. The van der Waals surface area contributed by atoms with Crippen molar-refractivity contribution in [2.45, 2.75) is 75.3 Å². The number of hydrogen-bond donors (Lipinski definition) is 2. The average Bonchev–Trinajstić information content (AvgIpc) is 2.99. The highest BCUT2D eigenvalue weighted by Crippen LogP contribution is 2.41. The van der Waals surface area contributed by atoms with Gasteiger partial charge < -0.3 is 19.7 Å². The molecule has 2 aliphatic heterocycles. The molecule has 0 radical (unpaired) electrons. The fraction of sp³-hybridized carbons (Fsp3) is 0.500. The average molecular weight is 684 g/mol. The Morgan fingerprint density at radius 1 is 1.11 bits per heavy atom. The summed E-state index contributed by atoms with van der Waals surface area (Å²) in [4.78, 5) is 26.9. The first-order chi connectivity index (χ1) is 21.6. The van der Waals surface area contributed by atoms with Crippen LogP contribution >= 0.6 is 11.6 Å². The van der Waals surface area contributed by atoms with Gasteiger partial charge >= 0.3 is 12.1 Å². The second-order valence-electron chi connectivity index (χ2n) is 12.4. The molecule has 2 amide bonds. The molecule has 0 saturated heterocycles. The molecule has 2 aromatic rings. The number of ether oxygens (including phenoxy) is 2. The molecule has 0 spiro atoms. The SMILES string of the molecule is CC1(C)OC/C=C/[C@H](NC(=O)C(F)(F)F)[C@@H]2CC[C@H]2CN2CCCCc3cc(Cl)ccc3COc3ccc(cc32)S(=O)(=O)NC1=O. The Morgan fingerprint density at radius 2 is 1.89 bits per heavy atom. The Kier molecular flexibility index (Phi) is 9.95. The zero-order chi connectivity index (χ0) is 33.3. The number of fused-ring (bicyclic) bond motifs is 3. The quantitative estimate of drug-likeness (QED) is 0.392. The zero-order valence-electron chi connectivity index (χ0n) is 25.5. The Hall–Kier alpha value is -3.29. The molecule has 0 aromatic heterocycles. The Labute approximate surface area is 271 Å². The van der Waals surface area contributed by atoms with E-state index in [1.165, 1.54) is 38.1 Å². The number of nitrogens with zero attached hydrogens (tertiary/aromatic N) is 1. The molecule has 46 heavy (non-hydrogen) atoms. The van der Waals surface area contributed by atoms with Crippen LogP contribution in [0.15, 0.2) is 53.4 Å². The summed E-state index contributed by atoms with van der Waals surface area (Å²) in [5.74, 6) is -2.99. The van der Waals surface area contributed by atoms with Crippen molar-refractivity contribution in [2.24, 2.45) is 11.8 Å². The lowest BCUT2D eigenvalue weighted by Crippen LogP contribution is -2.52. The van der Waals surface area contributed by atoms with Crippen LogP contribution in [0.1, 0.15) is 50.7 Å². The summed E-state index contributed by atoms with van der Waals surface area (Å²) in [7, 11) is -4.32. The highest BCUT2D eigenvalue weighted by atomic mass is 35.5. The van der Waals surface area contributed by atoms with Crippen molar-refractivity contribution in [2.75, 3.05) is 24.6 Å². The molecule has 2 heterocycles. The number of benzene rings is 2. The lowest BCUT2D eigenvalue weighted by Gasteiger charge is -2.44. The predicted octanol–water partition coefficient (Wildman–Crippen LogP) is 5.30. The number of rotatable bonds is 1. The fourth-order valence-electron chi connectivity index (χ4n) is 6.02. The van der Waals surface area contributed by atoms with E-state index in [-0.39, 0.29) is 29.9 Å². The maximum atomic E-state index is 13.5. The third-order valence-electron chi connectivity index (χ3n) is 8.86. The molecule has 3 aliphatic rings. The number of hydrogen-bond acceptors (Lipinski definition) is 7. The molecule has 2 N–H and O–H groups in total. The van der Waals surface area contributed by atoms with E-state index >= 15 is 0 Å². The van der Waals surface area contributed by atoms with Gasteiger partial charge in [0.2, 0.25) is 0 Å². The second kappa shape index (κ2) is 13.4. The number of amides is 2. The second-order valence-corrected chi connectivity index (χ2v) is 14.5. The summed E-state index contributed by atoms with van der Waals surface area (Å²) in [6.07, 6.45) is 1.38. The topological polar surface area (TPSA) is 114 Å². The number of halogens is 4. The number of sulfonamides is 1. The van der Waals surface area contributed by atoms with Crippen LogP contribution in [0.5, 0.6) is 5.75 Å². The molecule has 2 bridgehead atoms. The molecule has 3 atom stereocenters. The predicted molar refractivity (Wildman–Crippen MR) is 166 cm³/mol. The summed E-state index contributed by atoms with van der Waals surface area (Å²) in [6, 6.07) is 9.03. The van der Waals surface area contributed by atoms with Crippen LogP contribution in [-0.2, 0) is 37.4 Å². The summed E-state index contributed by atoms with van der Waals surface area (Å²) in [5.41, 5.74) is 0.863. The Balaban J connectivity index is 1.56. The first kappa shape index (κ1) is 34.1. The molecule has 1 saturated carbocycles. The van der Waals surface area contributed by atoms with Gasteiger partial charge in [-0.3, -0.25) is 9.59 Å². The smallest absolute Gasteiger partial charge is 0.471 e. The third-order valence-corrected chi connectivity index (χ3v) is 10.4. The van der Waals surface area contributed by atoms with Crippen molar-refractivity contribution in [1.82, 2.24) is 10.0 Å². The monoisotopic (exact) mass is 683 g/mol. The van der Waals surface area contributed by atoms with Gasteiger partial charge in [-0.05, 0) is 99.2 Å². The lowest BCUT2D eigenvalue weighted by molar-refractivity contribution is -0.174. The van der Waals surface area contributed by atoms with Crippen molar-refractivity contribution in [1.29, 1.82) is 0 Å². The largest absolute Gasteiger partial charge is 0.487 e. The van der Waals surface area contributed by atoms with Gasteiger partial charge in [-0.1, -0.05) is 29.8 Å². The summed E-state index contributed by atoms with van der Waals surface area (Å²) in [5, 5.41) is 2.75. The maximum Gasteiger partial charge on any atom is 0.471 e. The van der Waals surface area contributed by atoms with E-state index in [0.717, 1.165) is 30.4 Å². The van der Waals surface area contributed by atoms with Crippen LogP contribution < -0.4 is 19.7 Å². The number of carbonyl (C=O) groups is 2. The van der Waals surface area contributed by atoms with E-state index < -0.39 is 39.7 Å². The molecule has 2 aromatic carbocycles. The Morgan fingerprint density at radius 3 is 2.61 bits per heavy atom. The van der Waals surface area contributed by atoms with Crippen LogP contribution in [0, 0.1) is 11.8 Å². The first-order valence-electron chi connectivity index (χ1n) is 15.2. The van der Waals surface area contributed by atoms with E-state index in [2.05, 4.69) is 10.0 Å². The van der Waals surface area contributed by atoms with Gasteiger partial charge in [0.15, 0.2) is 0 Å². The van der Waals surface area contributed by atoms with E-state index in [9.17, 15) is 31.2 Å². The van der Waals surface area contributed by atoms with E-state index in [4.69, 9.17) is 21.1 Å². The van der Waals surface area contributed by atoms with Gasteiger partial charge in [0.1, 0.15) is 18.0 Å². The van der Waals surface area contributed by atoms with Crippen LogP contribution in [0.2, 0.25) is 5.02 Å². The van der Waals surface area contributed by atoms with Crippen molar-refractivity contribution in [3.05, 3.63) is 64.7 Å². The van der Waals surface area contributed by atoms with Gasteiger partial charge in [-0.15, -0.1) is 0 Å². The molecule has 9 nitrogen and oxygen atoms in total. The van der Waals surface area contributed by atoms with Gasteiger partial charge in [-0.2, -0.15) is 13.2 Å². The number of nitrogens with one attached hydrogen (secondary N) is 2. The van der Waals surface area contributed by atoms with Gasteiger partial charge in [0.05, 0.1) is 23.2 Å². The zero-order valence-corrected chi connectivity index (χ0v) is 27.1. The normalized spacial score (nSPS) is 25.7. The molecular weight excluding hydrogens is 647 g/mol. The number of carbonyl (C=O) groups excluding carboxylic acids is 2. The summed E-state index contributed by atoms with van der Waals surface area (Å²) >= 11 is 6.27. The summed E-state index contributed by atoms with van der Waals surface area (Å²) in [6.45, 7) is 3.65. The van der Waals surface area contributed by atoms with Crippen molar-refractivity contribution in [3.8, 4) is 5.75 Å². The van der Waals surface area contributed by atoms with E-state index in [1.54, 1.807) is 12.1 Å². The maximum absolute atomic E-state index is 13.5. The highest BCUT2D eigenvalue weighted by molar-refractivity contribution is 7.90. The third kappa shape index (κ3) is 7.80. The van der Waals surface area contributed by atoms with Gasteiger partial charge in [-0.25, -0.2) is 13.1 Å². The van der Waals surface area contributed by atoms with Gasteiger partial charge in [0.25, 0.3) is 15.9 Å². The number of alkyl halides is 3. The lowest BCUT2D eigenvalue weighted by atomic mass is 9.69. The molecule has 250 valence electrons. The van der Waals surface area contributed by atoms with E-state index in [1.807, 2.05) is 17.0 Å². The molecule has 0 unspecified atom stereocenters. The van der Waals surface area contributed by atoms with Crippen LogP contribution in [0.4, 0.5) is 18.9 Å². The molecule has 5 rings (SSSR count). The molecule has 1 aliphatic carbocycles. The van der Waals surface area contributed by atoms with E-state index in [0.29, 0.717) is 42.4 Å². The molecule has 1 fully saturated rings. The van der Waals surface area contributed by atoms with Crippen molar-refractivity contribution >= 4 is 39.1 Å². The highest BCUT2D eigenvalue weighted by Gasteiger charge is 2.44. The number of anilines is 1. The minimum Gasteiger partial charge on any atom is -0.487 e. The molecule has 14 heteroatoms. The van der Waals surface area contributed by atoms with Gasteiger partial charge in [0, 0.05) is 18.1 Å².